The predicted molar refractivity (Wildman–Crippen MR) is 92.4 cm³/mol. The van der Waals surface area contributed by atoms with Crippen molar-refractivity contribution < 1.29 is 18.3 Å². The van der Waals surface area contributed by atoms with Crippen molar-refractivity contribution in [2.75, 3.05) is 52.5 Å². The Kier molecular flexibility index (Phi) is 8.62. The number of nitrogens with one attached hydrogen (secondary N) is 1. The molecule has 3 heterocycles. The lowest BCUT2D eigenvalue weighted by molar-refractivity contribution is -0.135. The summed E-state index contributed by atoms with van der Waals surface area (Å²) in [6.45, 7) is 5.42. The molecule has 3 rings (SSSR count). The molecule has 2 unspecified atom stereocenters. The van der Waals surface area contributed by atoms with Crippen LogP contribution < -0.4 is 5.32 Å². The molecule has 24 heavy (non-hydrogen) atoms. The van der Waals surface area contributed by atoms with Gasteiger partial charge in [-0.2, -0.15) is 0 Å². The van der Waals surface area contributed by atoms with Crippen molar-refractivity contribution in [1.82, 2.24) is 15.1 Å². The zero-order valence-corrected chi connectivity index (χ0v) is 15.3. The van der Waals surface area contributed by atoms with Crippen LogP contribution in [0.4, 0.5) is 8.78 Å². The van der Waals surface area contributed by atoms with Crippen molar-refractivity contribution in [3.8, 4) is 0 Å². The molecule has 2 atom stereocenters. The van der Waals surface area contributed by atoms with E-state index in [0.717, 1.165) is 45.7 Å². The van der Waals surface area contributed by atoms with Crippen molar-refractivity contribution in [2.45, 2.75) is 31.2 Å². The number of hydrogen-bond donors (Lipinski definition) is 1. The van der Waals surface area contributed by atoms with Gasteiger partial charge >= 0.3 is 0 Å². The number of alkyl halides is 2. The molecule has 1 amide bonds. The summed E-state index contributed by atoms with van der Waals surface area (Å²) in [5.74, 6) is -2.45. The van der Waals surface area contributed by atoms with E-state index in [2.05, 4.69) is 10.2 Å². The summed E-state index contributed by atoms with van der Waals surface area (Å²) in [5, 5.41) is 2.67. The number of halogens is 4. The second-order valence-electron chi connectivity index (χ2n) is 6.70. The molecular formula is C15H27Cl2F2N3O2. The van der Waals surface area contributed by atoms with Crippen LogP contribution in [0.25, 0.3) is 0 Å². The maximum Gasteiger partial charge on any atom is 0.262 e. The zero-order chi connectivity index (χ0) is 15.6. The van der Waals surface area contributed by atoms with Gasteiger partial charge in [-0.3, -0.25) is 15.0 Å². The quantitative estimate of drug-likeness (QED) is 0.792. The molecule has 0 aliphatic carbocycles. The van der Waals surface area contributed by atoms with E-state index in [1.54, 1.807) is 4.90 Å². The molecule has 0 aromatic rings. The highest BCUT2D eigenvalue weighted by molar-refractivity contribution is 5.85. The normalized spacial score (nSPS) is 30.3. The Labute approximate surface area is 154 Å². The smallest absolute Gasteiger partial charge is 0.262 e. The van der Waals surface area contributed by atoms with Gasteiger partial charge in [0.1, 0.15) is 0 Å². The van der Waals surface area contributed by atoms with Gasteiger partial charge in [0.25, 0.3) is 5.92 Å². The van der Waals surface area contributed by atoms with Crippen LogP contribution in [0.1, 0.15) is 19.3 Å². The van der Waals surface area contributed by atoms with E-state index in [-0.39, 0.29) is 43.7 Å². The van der Waals surface area contributed by atoms with E-state index in [0.29, 0.717) is 19.0 Å². The van der Waals surface area contributed by atoms with Gasteiger partial charge in [-0.05, 0) is 18.8 Å². The lowest BCUT2D eigenvalue weighted by Gasteiger charge is -2.37. The molecule has 0 spiro atoms. The Bertz CT molecular complexity index is 412. The summed E-state index contributed by atoms with van der Waals surface area (Å²) in [7, 11) is 0. The Balaban J connectivity index is 0.00000144. The van der Waals surface area contributed by atoms with Crippen LogP contribution in [0, 0.1) is 5.92 Å². The van der Waals surface area contributed by atoms with Crippen molar-refractivity contribution >= 4 is 30.7 Å². The van der Waals surface area contributed by atoms with Gasteiger partial charge in [0.15, 0.2) is 0 Å². The largest absolute Gasteiger partial charge is 0.379 e. The summed E-state index contributed by atoms with van der Waals surface area (Å²) in [4.78, 5) is 16.6. The maximum atomic E-state index is 13.3. The minimum Gasteiger partial charge on any atom is -0.379 e. The molecule has 0 radical (unpaired) electrons. The van der Waals surface area contributed by atoms with Gasteiger partial charge in [-0.15, -0.1) is 24.8 Å². The molecule has 3 fully saturated rings. The third-order valence-corrected chi connectivity index (χ3v) is 4.86. The third-order valence-electron chi connectivity index (χ3n) is 4.86. The first-order valence-corrected chi connectivity index (χ1v) is 8.24. The van der Waals surface area contributed by atoms with E-state index in [1.807, 2.05) is 0 Å². The van der Waals surface area contributed by atoms with Crippen LogP contribution in [-0.2, 0) is 9.53 Å². The van der Waals surface area contributed by atoms with Gasteiger partial charge in [0.2, 0.25) is 5.91 Å². The maximum absolute atomic E-state index is 13.3. The molecule has 3 saturated heterocycles. The van der Waals surface area contributed by atoms with E-state index in [4.69, 9.17) is 4.74 Å². The number of carbonyl (C=O) groups excluding carboxylic acids is 1. The first-order valence-electron chi connectivity index (χ1n) is 8.24. The topological polar surface area (TPSA) is 44.8 Å². The summed E-state index contributed by atoms with van der Waals surface area (Å²) in [6, 6.07) is -0.711. The number of hydrogen-bond acceptors (Lipinski definition) is 4. The Morgan fingerprint density at radius 3 is 2.54 bits per heavy atom. The molecule has 3 aliphatic rings. The SMILES string of the molecule is Cl.Cl.O=C(C1CC(F)(F)CN1)N1CCCC(CN2CCOCC2)C1. The van der Waals surface area contributed by atoms with Crippen LogP contribution in [0.15, 0.2) is 0 Å². The van der Waals surface area contributed by atoms with Crippen LogP contribution in [0.3, 0.4) is 0 Å². The molecule has 142 valence electrons. The predicted octanol–water partition coefficient (Wildman–Crippen LogP) is 1.40. The summed E-state index contributed by atoms with van der Waals surface area (Å²) in [6.07, 6.45) is 1.70. The lowest BCUT2D eigenvalue weighted by Crippen LogP contribution is -2.50. The second kappa shape index (κ2) is 9.48. The highest BCUT2D eigenvalue weighted by Crippen LogP contribution is 2.27. The molecule has 1 N–H and O–H groups in total. The molecule has 0 aromatic carbocycles. The van der Waals surface area contributed by atoms with Crippen LogP contribution in [0.2, 0.25) is 0 Å². The monoisotopic (exact) mass is 389 g/mol. The van der Waals surface area contributed by atoms with E-state index < -0.39 is 12.0 Å². The Hall–Kier alpha value is -0.210. The highest BCUT2D eigenvalue weighted by Gasteiger charge is 2.44. The van der Waals surface area contributed by atoms with Crippen molar-refractivity contribution in [1.29, 1.82) is 0 Å². The number of ether oxygens (including phenoxy) is 1. The minimum atomic E-state index is -2.75. The summed E-state index contributed by atoms with van der Waals surface area (Å²) >= 11 is 0. The third kappa shape index (κ3) is 5.66. The zero-order valence-electron chi connectivity index (χ0n) is 13.7. The molecule has 9 heteroatoms. The van der Waals surface area contributed by atoms with E-state index in [1.165, 1.54) is 0 Å². The van der Waals surface area contributed by atoms with Gasteiger partial charge in [0, 0.05) is 39.1 Å². The number of morpholine rings is 1. The Morgan fingerprint density at radius 2 is 1.92 bits per heavy atom. The number of amides is 1. The van der Waals surface area contributed by atoms with Crippen LogP contribution in [0.5, 0.6) is 0 Å². The number of nitrogens with zero attached hydrogens (tertiary/aromatic N) is 2. The molecule has 5 nitrogen and oxygen atoms in total. The molecule has 3 aliphatic heterocycles. The van der Waals surface area contributed by atoms with Crippen molar-refractivity contribution in [3.05, 3.63) is 0 Å². The van der Waals surface area contributed by atoms with Gasteiger partial charge in [0.05, 0.1) is 25.8 Å². The average Bonchev–Trinajstić information content (AvgIpc) is 2.88. The molecule has 0 aromatic heterocycles. The standard InChI is InChI=1S/C15H25F2N3O2.2ClH/c16-15(17)8-13(18-11-15)14(21)20-3-1-2-12(10-20)9-19-4-6-22-7-5-19;;/h12-13,18H,1-11H2;2*1H. The van der Waals surface area contributed by atoms with Crippen LogP contribution >= 0.6 is 24.8 Å². The van der Waals surface area contributed by atoms with Crippen molar-refractivity contribution in [2.24, 2.45) is 5.92 Å². The lowest BCUT2D eigenvalue weighted by atomic mass is 9.96. The minimum absolute atomic E-state index is 0. The van der Waals surface area contributed by atoms with Crippen molar-refractivity contribution in [3.63, 3.8) is 0 Å². The number of piperidine rings is 1. The number of carbonyl (C=O) groups is 1. The van der Waals surface area contributed by atoms with Gasteiger partial charge < -0.3 is 9.64 Å². The summed E-state index contributed by atoms with van der Waals surface area (Å²) < 4.78 is 31.9. The van der Waals surface area contributed by atoms with E-state index in [9.17, 15) is 13.6 Å². The van der Waals surface area contributed by atoms with Crippen LogP contribution in [-0.4, -0.2) is 80.2 Å². The summed E-state index contributed by atoms with van der Waals surface area (Å²) in [5.41, 5.74) is 0. The second-order valence-corrected chi connectivity index (χ2v) is 6.70. The molecule has 0 saturated carbocycles. The highest BCUT2D eigenvalue weighted by atomic mass is 35.5. The fraction of sp³-hybridized carbons (Fsp3) is 0.933. The average molecular weight is 390 g/mol. The number of likely N-dealkylation sites (tertiary alicyclic amines) is 1. The van der Waals surface area contributed by atoms with E-state index >= 15 is 0 Å². The first kappa shape index (κ1) is 21.8. The molecular weight excluding hydrogens is 363 g/mol. The first-order chi connectivity index (χ1) is 10.5. The van der Waals surface area contributed by atoms with Gasteiger partial charge in [-0.25, -0.2) is 8.78 Å². The fourth-order valence-electron chi connectivity index (χ4n) is 3.67. The number of rotatable bonds is 3. The Morgan fingerprint density at radius 1 is 1.21 bits per heavy atom. The van der Waals surface area contributed by atoms with Gasteiger partial charge in [-0.1, -0.05) is 0 Å². The fourth-order valence-corrected chi connectivity index (χ4v) is 3.67. The molecule has 0 bridgehead atoms.